The second-order valence-electron chi connectivity index (χ2n) is 6.96. The van der Waals surface area contributed by atoms with Crippen LogP contribution in [-0.4, -0.2) is 54.1 Å². The number of benzene rings is 1. The van der Waals surface area contributed by atoms with Gasteiger partial charge in [0.05, 0.1) is 4.58 Å². The van der Waals surface area contributed by atoms with Gasteiger partial charge in [0.2, 0.25) is 0 Å². The molecule has 1 aromatic carbocycles. The quantitative estimate of drug-likeness (QED) is 0.813. The minimum Gasteiger partial charge on any atom is -0.484 e. The fourth-order valence-corrected chi connectivity index (χ4v) is 6.90. The molecule has 7 heteroatoms. The highest BCUT2D eigenvalue weighted by Crippen LogP contribution is 2.43. The normalized spacial score (nSPS) is 26.1. The molecular weight excluding hydrogens is 388 g/mol. The van der Waals surface area contributed by atoms with E-state index in [2.05, 4.69) is 22.3 Å². The number of carbonyl (C=O) groups excluding carboxylic acids is 1. The number of amides is 1. The summed E-state index contributed by atoms with van der Waals surface area (Å²) in [6.07, 6.45) is 4.63. The summed E-state index contributed by atoms with van der Waals surface area (Å²) in [5.41, 5.74) is 1.35. The number of hydrogen-bond donors (Lipinski definition) is 1. The molecule has 3 heterocycles. The molecule has 2 unspecified atom stereocenters. The molecule has 26 heavy (non-hydrogen) atoms. The van der Waals surface area contributed by atoms with Gasteiger partial charge in [0.1, 0.15) is 5.75 Å². The molecule has 0 aliphatic carbocycles. The Hall–Kier alpha value is -0.560. The van der Waals surface area contributed by atoms with Crippen LogP contribution in [0.15, 0.2) is 24.3 Å². The van der Waals surface area contributed by atoms with E-state index in [0.717, 1.165) is 38.1 Å². The second-order valence-corrected chi connectivity index (χ2v) is 9.69. The van der Waals surface area contributed by atoms with Crippen LogP contribution in [0.5, 0.6) is 5.75 Å². The van der Waals surface area contributed by atoms with E-state index in [-0.39, 0.29) is 24.9 Å². The Labute approximate surface area is 170 Å². The molecule has 2 atom stereocenters. The van der Waals surface area contributed by atoms with Crippen molar-refractivity contribution >= 4 is 41.8 Å². The number of hydrogen-bond acceptors (Lipinski definition) is 5. The number of thioether (sulfide) groups is 2. The number of halogens is 1. The lowest BCUT2D eigenvalue weighted by Crippen LogP contribution is -2.44. The summed E-state index contributed by atoms with van der Waals surface area (Å²) in [6.45, 7) is 2.09. The fraction of sp³-hybridized carbons (Fsp3) is 0.632. The molecule has 3 aliphatic heterocycles. The Balaban J connectivity index is 0.00000196. The number of carbonyl (C=O) groups is 1. The van der Waals surface area contributed by atoms with Crippen LogP contribution in [-0.2, 0) is 4.79 Å². The smallest absolute Gasteiger partial charge is 0.261 e. The predicted molar refractivity (Wildman–Crippen MR) is 113 cm³/mol. The highest BCUT2D eigenvalue weighted by Gasteiger charge is 2.37. The first-order valence-corrected chi connectivity index (χ1v) is 11.4. The molecule has 4 nitrogen and oxygen atoms in total. The van der Waals surface area contributed by atoms with Crippen molar-refractivity contribution in [3.8, 4) is 5.75 Å². The van der Waals surface area contributed by atoms with Crippen molar-refractivity contribution in [1.82, 2.24) is 10.2 Å². The molecule has 4 rings (SSSR count). The molecule has 1 N–H and O–H groups in total. The molecule has 0 aromatic heterocycles. The Kier molecular flexibility index (Phi) is 7.44. The summed E-state index contributed by atoms with van der Waals surface area (Å²) < 4.78 is 6.35. The van der Waals surface area contributed by atoms with E-state index in [9.17, 15) is 4.79 Å². The number of ether oxygens (including phenoxy) is 1. The minimum atomic E-state index is 0. The van der Waals surface area contributed by atoms with Gasteiger partial charge in [0, 0.05) is 18.6 Å². The lowest BCUT2D eigenvalue weighted by Gasteiger charge is -2.27. The number of rotatable bonds is 4. The molecular formula is C19H27ClN2O2S2. The standard InChI is InChI=1S/C19H26N2O2S2.ClH/c22-18(21-15-4-5-16(21)12-20-9-8-15)13-23-17-6-2-14(3-7-17)19-24-10-1-11-25-19;/h2-3,6-7,15-16,19-20H,1,4-5,8-13H2;1H. The first-order chi connectivity index (χ1) is 12.3. The van der Waals surface area contributed by atoms with Gasteiger partial charge in [-0.25, -0.2) is 0 Å². The monoisotopic (exact) mass is 414 g/mol. The molecule has 3 aliphatic rings. The first-order valence-electron chi connectivity index (χ1n) is 9.29. The topological polar surface area (TPSA) is 41.6 Å². The van der Waals surface area contributed by atoms with Crippen LogP contribution in [0, 0.1) is 0 Å². The summed E-state index contributed by atoms with van der Waals surface area (Å²) in [5, 5.41) is 3.44. The Morgan fingerprint density at radius 2 is 1.85 bits per heavy atom. The molecule has 3 saturated heterocycles. The largest absolute Gasteiger partial charge is 0.484 e. The van der Waals surface area contributed by atoms with Gasteiger partial charge < -0.3 is 15.0 Å². The summed E-state index contributed by atoms with van der Waals surface area (Å²) in [4.78, 5) is 14.8. The van der Waals surface area contributed by atoms with Crippen LogP contribution < -0.4 is 10.1 Å². The van der Waals surface area contributed by atoms with E-state index in [0.29, 0.717) is 16.7 Å². The maximum absolute atomic E-state index is 12.7. The maximum Gasteiger partial charge on any atom is 0.261 e. The van der Waals surface area contributed by atoms with Crippen molar-refractivity contribution in [1.29, 1.82) is 0 Å². The zero-order chi connectivity index (χ0) is 17.1. The third-order valence-electron chi connectivity index (χ3n) is 5.28. The molecule has 0 saturated carbocycles. The third kappa shape index (κ3) is 4.64. The van der Waals surface area contributed by atoms with Gasteiger partial charge in [0.25, 0.3) is 5.91 Å². The molecule has 3 fully saturated rings. The van der Waals surface area contributed by atoms with E-state index in [4.69, 9.17) is 4.74 Å². The number of fused-ring (bicyclic) bond motifs is 2. The molecule has 1 amide bonds. The number of nitrogens with zero attached hydrogens (tertiary/aromatic N) is 1. The molecule has 2 bridgehead atoms. The third-order valence-corrected chi connectivity index (χ3v) is 8.30. The van der Waals surface area contributed by atoms with Gasteiger partial charge in [-0.05, 0) is 61.4 Å². The predicted octanol–water partition coefficient (Wildman–Crippen LogP) is 3.71. The van der Waals surface area contributed by atoms with Crippen LogP contribution in [0.4, 0.5) is 0 Å². The maximum atomic E-state index is 12.7. The van der Waals surface area contributed by atoms with Gasteiger partial charge in [-0.1, -0.05) is 12.1 Å². The van der Waals surface area contributed by atoms with Gasteiger partial charge in [-0.3, -0.25) is 4.79 Å². The number of nitrogens with one attached hydrogen (secondary N) is 1. The average molecular weight is 415 g/mol. The van der Waals surface area contributed by atoms with E-state index >= 15 is 0 Å². The van der Waals surface area contributed by atoms with Crippen LogP contribution in [0.3, 0.4) is 0 Å². The Morgan fingerprint density at radius 3 is 2.62 bits per heavy atom. The van der Waals surface area contributed by atoms with E-state index < -0.39 is 0 Å². The second kappa shape index (κ2) is 9.58. The summed E-state index contributed by atoms with van der Waals surface area (Å²) in [6, 6.07) is 9.07. The van der Waals surface area contributed by atoms with Crippen molar-refractivity contribution in [3.63, 3.8) is 0 Å². The van der Waals surface area contributed by atoms with Crippen molar-refractivity contribution in [3.05, 3.63) is 29.8 Å². The molecule has 144 valence electrons. The van der Waals surface area contributed by atoms with Crippen molar-refractivity contribution in [2.75, 3.05) is 31.2 Å². The van der Waals surface area contributed by atoms with Crippen molar-refractivity contribution in [2.45, 2.75) is 42.3 Å². The van der Waals surface area contributed by atoms with Gasteiger partial charge in [-0.15, -0.1) is 35.9 Å². The lowest BCUT2D eigenvalue weighted by molar-refractivity contribution is -0.136. The van der Waals surface area contributed by atoms with Gasteiger partial charge in [0.15, 0.2) is 6.61 Å². The van der Waals surface area contributed by atoms with Crippen LogP contribution >= 0.6 is 35.9 Å². The van der Waals surface area contributed by atoms with Crippen LogP contribution in [0.1, 0.15) is 35.8 Å². The lowest BCUT2D eigenvalue weighted by atomic mass is 10.1. The van der Waals surface area contributed by atoms with Crippen LogP contribution in [0.2, 0.25) is 0 Å². The summed E-state index contributed by atoms with van der Waals surface area (Å²) >= 11 is 4.05. The van der Waals surface area contributed by atoms with Crippen molar-refractivity contribution < 1.29 is 9.53 Å². The Bertz CT molecular complexity index is 582. The van der Waals surface area contributed by atoms with Gasteiger partial charge >= 0.3 is 0 Å². The fourth-order valence-electron chi connectivity index (χ4n) is 4.01. The Morgan fingerprint density at radius 1 is 1.12 bits per heavy atom. The van der Waals surface area contributed by atoms with E-state index in [1.165, 1.54) is 23.5 Å². The highest BCUT2D eigenvalue weighted by atomic mass is 35.5. The summed E-state index contributed by atoms with van der Waals surface area (Å²) in [5.74, 6) is 3.43. The molecule has 0 spiro atoms. The van der Waals surface area contributed by atoms with Crippen LogP contribution in [0.25, 0.3) is 0 Å². The molecule has 0 radical (unpaired) electrons. The van der Waals surface area contributed by atoms with Crippen molar-refractivity contribution in [2.24, 2.45) is 0 Å². The van der Waals surface area contributed by atoms with E-state index in [1.807, 2.05) is 35.7 Å². The van der Waals surface area contributed by atoms with Gasteiger partial charge in [-0.2, -0.15) is 0 Å². The SMILES string of the molecule is Cl.O=C(COc1ccc(C2SCCCS2)cc1)N1C2CCNCC1CC2. The first kappa shape index (κ1) is 20.2. The van der Waals surface area contributed by atoms with E-state index in [1.54, 1.807) is 0 Å². The highest BCUT2D eigenvalue weighted by molar-refractivity contribution is 8.16. The zero-order valence-corrected chi connectivity index (χ0v) is 17.3. The summed E-state index contributed by atoms with van der Waals surface area (Å²) in [7, 11) is 0. The zero-order valence-electron chi connectivity index (χ0n) is 14.9. The minimum absolute atomic E-state index is 0. The average Bonchev–Trinajstić information content (AvgIpc) is 2.93. The molecule has 1 aromatic rings.